The largest absolute Gasteiger partial charge is 0.493 e. The number of amides is 4. The summed E-state index contributed by atoms with van der Waals surface area (Å²) in [5.41, 5.74) is 13.1. The Labute approximate surface area is 492 Å². The van der Waals surface area contributed by atoms with Crippen LogP contribution in [0.5, 0.6) is 23.0 Å². The van der Waals surface area contributed by atoms with E-state index in [1.165, 1.54) is 35.1 Å². The van der Waals surface area contributed by atoms with Gasteiger partial charge in [-0.25, -0.2) is 0 Å². The Balaban J connectivity index is 0.000000202. The molecule has 2 fully saturated rings. The average molecular weight is 1170 g/mol. The van der Waals surface area contributed by atoms with Crippen molar-refractivity contribution in [3.05, 3.63) is 178 Å². The Morgan fingerprint density at radius 1 is 0.488 bits per heavy atom. The molecule has 0 saturated carbocycles. The molecule has 19 nitrogen and oxygen atoms in total. The lowest BCUT2D eigenvalue weighted by molar-refractivity contribution is 0.0557. The van der Waals surface area contributed by atoms with E-state index in [2.05, 4.69) is 74.6 Å². The van der Waals surface area contributed by atoms with E-state index in [4.69, 9.17) is 29.2 Å². The number of hydrogen-bond donors (Lipinski definition) is 3. The summed E-state index contributed by atoms with van der Waals surface area (Å²) in [6, 6.07) is 42.0. The van der Waals surface area contributed by atoms with Crippen LogP contribution >= 0.6 is 0 Å². The second-order valence-corrected chi connectivity index (χ2v) is 22.5. The van der Waals surface area contributed by atoms with Gasteiger partial charge in [0, 0.05) is 71.0 Å². The number of carbonyl (C=O) groups excluding carboxylic acids is 4. The molecule has 0 spiro atoms. The SMILES string of the molecule is COc1ccc([C@@H](CCCN)N2C(=O)c3cccc(N4CCN([C@H](C)c5ccccc5)CC4)c3C2=O)cc1OC.COc1ccc([C@@H](CCCNS(=O)(=O)O)N2C(=O)c3cccc(N4CCN([C@H](C)c5ccccc5)CC4)c3C2=O)cc1OC. The van der Waals surface area contributed by atoms with E-state index in [9.17, 15) is 27.6 Å². The number of carbonyl (C=O) groups is 4. The first-order chi connectivity index (χ1) is 40.6. The van der Waals surface area contributed by atoms with Crippen LogP contribution in [0.3, 0.4) is 0 Å². The van der Waals surface area contributed by atoms with Crippen LogP contribution in [0.4, 0.5) is 11.4 Å². The first-order valence-electron chi connectivity index (χ1n) is 28.6. The molecule has 0 unspecified atom stereocenters. The molecule has 4 heterocycles. The number of rotatable bonds is 22. The number of nitrogens with two attached hydrogens (primary N) is 1. The third-order valence-corrected chi connectivity index (χ3v) is 17.2. The lowest BCUT2D eigenvalue weighted by atomic mass is 9.99. The summed E-state index contributed by atoms with van der Waals surface area (Å²) < 4.78 is 55.4. The van der Waals surface area contributed by atoms with Gasteiger partial charge in [-0.15, -0.1) is 0 Å². The van der Waals surface area contributed by atoms with Gasteiger partial charge in [-0.1, -0.05) is 84.9 Å². The average Bonchev–Trinajstić information content (AvgIpc) is 3.23. The van der Waals surface area contributed by atoms with Gasteiger partial charge in [0.05, 0.1) is 74.2 Å². The fourth-order valence-corrected chi connectivity index (χ4v) is 12.5. The Hall–Kier alpha value is -7.85. The molecule has 4 amide bonds. The number of ether oxygens (including phenoxy) is 4. The highest BCUT2D eigenvalue weighted by Gasteiger charge is 2.45. The highest BCUT2D eigenvalue weighted by atomic mass is 32.2. The Morgan fingerprint density at radius 3 is 1.25 bits per heavy atom. The van der Waals surface area contributed by atoms with Gasteiger partial charge in [-0.2, -0.15) is 13.1 Å². The first-order valence-corrected chi connectivity index (χ1v) is 30.0. The molecule has 4 atom stereocenters. The summed E-state index contributed by atoms with van der Waals surface area (Å²) in [4.78, 5) is 67.9. The maximum absolute atomic E-state index is 14.2. The van der Waals surface area contributed by atoms with Crippen molar-refractivity contribution >= 4 is 45.3 Å². The van der Waals surface area contributed by atoms with Crippen LogP contribution in [0.2, 0.25) is 0 Å². The summed E-state index contributed by atoms with van der Waals surface area (Å²) in [5.74, 6) is 0.739. The lowest BCUT2D eigenvalue weighted by Crippen LogP contribution is -2.47. The fourth-order valence-electron chi connectivity index (χ4n) is 12.1. The Kier molecular flexibility index (Phi) is 19.7. The third kappa shape index (κ3) is 13.1. The van der Waals surface area contributed by atoms with Crippen LogP contribution in [0.1, 0.15) is 127 Å². The molecule has 10 rings (SSSR count). The van der Waals surface area contributed by atoms with Crippen LogP contribution in [0.15, 0.2) is 133 Å². The second kappa shape index (κ2) is 27.2. The number of fused-ring (bicyclic) bond motifs is 2. The maximum Gasteiger partial charge on any atom is 0.333 e. The predicted octanol–water partition coefficient (Wildman–Crippen LogP) is 8.76. The molecule has 4 aliphatic rings. The Morgan fingerprint density at radius 2 is 0.881 bits per heavy atom. The van der Waals surface area contributed by atoms with Crippen LogP contribution in [-0.4, -0.2) is 150 Å². The van der Waals surface area contributed by atoms with E-state index in [1.807, 2.05) is 66.7 Å². The van der Waals surface area contributed by atoms with Crippen molar-refractivity contribution in [1.29, 1.82) is 0 Å². The number of benzene rings is 6. The molecule has 6 aromatic carbocycles. The van der Waals surface area contributed by atoms with Crippen molar-refractivity contribution in [2.45, 2.75) is 63.7 Å². The molecule has 0 aromatic heterocycles. The van der Waals surface area contributed by atoms with Gasteiger partial charge in [0.15, 0.2) is 23.0 Å². The molecule has 444 valence electrons. The maximum atomic E-state index is 14.2. The van der Waals surface area contributed by atoms with E-state index in [1.54, 1.807) is 44.6 Å². The van der Waals surface area contributed by atoms with E-state index in [0.29, 0.717) is 89.3 Å². The number of nitrogens with one attached hydrogen (secondary N) is 1. The van der Waals surface area contributed by atoms with E-state index in [-0.39, 0.29) is 37.2 Å². The van der Waals surface area contributed by atoms with Gasteiger partial charge in [0.1, 0.15) is 0 Å². The standard InChI is InChI=1S/C32H38N4O7S.C32H38N4O4/c1-22(23-9-5-4-6-10-23)34-17-19-35(20-18-34)27-12-7-11-25-30(27)32(38)36(31(25)37)26(13-8-16-33-44(39,40)41)24-14-15-28(42-2)29(21-24)43-3;1-22(23-9-5-4-6-10-23)34-17-19-35(20-18-34)27-12-7-11-25-30(27)32(38)36(31(25)37)26(13-8-16-33)24-14-15-28(39-2)29(21-24)40-3/h4-7,9-12,14-15,21-22,26,33H,8,13,16-20H2,1-3H3,(H,39,40,41);4-7,9-12,14-15,21-22,26H,8,13,16-20,33H2,1-3H3/t2*22-,26-/m11/s1. The summed E-state index contributed by atoms with van der Waals surface area (Å²) in [5, 5.41) is 0. The number of imide groups is 2. The number of hydrogen-bond acceptors (Lipinski definition) is 15. The smallest absolute Gasteiger partial charge is 0.333 e. The van der Waals surface area contributed by atoms with Crippen molar-refractivity contribution in [1.82, 2.24) is 24.3 Å². The van der Waals surface area contributed by atoms with Crippen molar-refractivity contribution in [2.75, 3.05) is 104 Å². The lowest BCUT2D eigenvalue weighted by Gasteiger charge is -2.39. The number of anilines is 2. The molecule has 2 saturated heterocycles. The molecule has 6 aromatic rings. The van der Waals surface area contributed by atoms with Crippen LogP contribution < -0.4 is 39.2 Å². The highest BCUT2D eigenvalue weighted by molar-refractivity contribution is 7.83. The minimum absolute atomic E-state index is 0.0667. The number of piperazine rings is 2. The minimum atomic E-state index is -4.38. The predicted molar refractivity (Wildman–Crippen MR) is 323 cm³/mol. The van der Waals surface area contributed by atoms with Crippen molar-refractivity contribution in [2.24, 2.45) is 5.73 Å². The van der Waals surface area contributed by atoms with Crippen molar-refractivity contribution in [3.8, 4) is 23.0 Å². The topological polar surface area (TPSA) is 217 Å². The van der Waals surface area contributed by atoms with Gasteiger partial charge in [-0.05, 0) is 117 Å². The highest BCUT2D eigenvalue weighted by Crippen LogP contribution is 2.43. The molecule has 0 aliphatic carbocycles. The molecule has 4 N–H and O–H groups in total. The molecule has 0 radical (unpaired) electrons. The molecule has 4 aliphatic heterocycles. The third-order valence-electron chi connectivity index (χ3n) is 16.6. The number of methoxy groups -OCH3 is 4. The van der Waals surface area contributed by atoms with Gasteiger partial charge in [0.25, 0.3) is 23.6 Å². The molecule has 84 heavy (non-hydrogen) atoms. The zero-order chi connectivity index (χ0) is 59.7. The van der Waals surface area contributed by atoms with E-state index in [0.717, 1.165) is 56.2 Å². The van der Waals surface area contributed by atoms with Gasteiger partial charge in [-0.3, -0.25) is 43.3 Å². The van der Waals surface area contributed by atoms with E-state index >= 15 is 0 Å². The molecular weight excluding hydrogens is 1090 g/mol. The van der Waals surface area contributed by atoms with Crippen molar-refractivity contribution in [3.63, 3.8) is 0 Å². The Bertz CT molecular complexity index is 3410. The number of nitrogens with zero attached hydrogens (tertiary/aromatic N) is 6. The summed E-state index contributed by atoms with van der Waals surface area (Å²) in [6.07, 6.45) is 1.72. The zero-order valence-corrected chi connectivity index (χ0v) is 49.4. The van der Waals surface area contributed by atoms with Gasteiger partial charge >= 0.3 is 10.3 Å². The van der Waals surface area contributed by atoms with Crippen LogP contribution in [0, 0.1) is 0 Å². The minimum Gasteiger partial charge on any atom is -0.493 e. The van der Waals surface area contributed by atoms with E-state index < -0.39 is 34.2 Å². The normalized spacial score (nSPS) is 17.0. The van der Waals surface area contributed by atoms with Gasteiger partial charge < -0.3 is 34.5 Å². The zero-order valence-electron chi connectivity index (χ0n) is 48.6. The molecule has 0 bridgehead atoms. The molecule has 20 heteroatoms. The summed E-state index contributed by atoms with van der Waals surface area (Å²) >= 11 is 0. The van der Waals surface area contributed by atoms with Crippen molar-refractivity contribution < 1.29 is 51.1 Å². The van der Waals surface area contributed by atoms with Crippen LogP contribution in [0.25, 0.3) is 0 Å². The first kappa shape index (κ1) is 60.7. The monoisotopic (exact) mass is 1160 g/mol. The summed E-state index contributed by atoms with van der Waals surface area (Å²) in [6.45, 7) is 11.2. The van der Waals surface area contributed by atoms with Gasteiger partial charge in [0.2, 0.25) is 0 Å². The fraction of sp³-hybridized carbons (Fsp3) is 0.375. The van der Waals surface area contributed by atoms with Crippen LogP contribution in [-0.2, 0) is 10.3 Å². The quantitative estimate of drug-likeness (QED) is 0.0329. The summed E-state index contributed by atoms with van der Waals surface area (Å²) in [7, 11) is 1.80. The molecular formula is C64H76N8O11S. The second-order valence-electron chi connectivity index (χ2n) is 21.3.